The molecular formula is C8H10N2O. The molecular weight excluding hydrogens is 140 g/mol. The fourth-order valence-corrected chi connectivity index (χ4v) is 1.29. The molecule has 1 aromatic carbocycles. The van der Waals surface area contributed by atoms with Gasteiger partial charge in [0, 0.05) is 0 Å². The average Bonchev–Trinajstić information content (AvgIpc) is 2.30. The maximum absolute atomic E-state index is 9.42. The first-order chi connectivity index (χ1) is 5.29. The number of hydrogen-bond acceptors (Lipinski definition) is 3. The van der Waals surface area contributed by atoms with Crippen LogP contribution >= 0.6 is 0 Å². The van der Waals surface area contributed by atoms with Gasteiger partial charge in [0.1, 0.15) is 6.17 Å². The van der Waals surface area contributed by atoms with E-state index in [1.54, 1.807) is 0 Å². The van der Waals surface area contributed by atoms with Crippen molar-refractivity contribution in [2.45, 2.75) is 13.1 Å². The Kier molecular flexibility index (Phi) is 1.26. The van der Waals surface area contributed by atoms with Gasteiger partial charge in [-0.2, -0.15) is 0 Å². The van der Waals surface area contributed by atoms with Crippen LogP contribution in [0.4, 0.5) is 11.4 Å². The van der Waals surface area contributed by atoms with E-state index in [0.717, 1.165) is 11.4 Å². The van der Waals surface area contributed by atoms with E-state index in [-0.39, 0.29) is 6.17 Å². The van der Waals surface area contributed by atoms with Gasteiger partial charge in [-0.15, -0.1) is 0 Å². The van der Waals surface area contributed by atoms with Crippen molar-refractivity contribution in [3.8, 4) is 0 Å². The molecule has 1 atom stereocenters. The van der Waals surface area contributed by atoms with E-state index in [1.165, 1.54) is 5.06 Å². The Labute approximate surface area is 65.2 Å². The number of benzene rings is 1. The van der Waals surface area contributed by atoms with Crippen molar-refractivity contribution < 1.29 is 5.21 Å². The van der Waals surface area contributed by atoms with Gasteiger partial charge in [0.25, 0.3) is 0 Å². The molecule has 1 aliphatic rings. The normalized spacial score (nSPS) is 21.3. The molecule has 0 amide bonds. The number of nitrogens with zero attached hydrogens (tertiary/aromatic N) is 1. The van der Waals surface area contributed by atoms with E-state index in [1.807, 2.05) is 31.2 Å². The molecule has 0 saturated carbocycles. The van der Waals surface area contributed by atoms with Crippen LogP contribution in [0, 0.1) is 0 Å². The van der Waals surface area contributed by atoms with Gasteiger partial charge in [-0.1, -0.05) is 12.1 Å². The lowest BCUT2D eigenvalue weighted by atomic mass is 10.3. The van der Waals surface area contributed by atoms with Crippen molar-refractivity contribution in [3.63, 3.8) is 0 Å². The van der Waals surface area contributed by atoms with Gasteiger partial charge in [-0.25, -0.2) is 5.06 Å². The van der Waals surface area contributed by atoms with Crippen LogP contribution in [0.15, 0.2) is 24.3 Å². The van der Waals surface area contributed by atoms with Crippen molar-refractivity contribution in [2.24, 2.45) is 0 Å². The number of rotatable bonds is 0. The molecule has 0 bridgehead atoms. The van der Waals surface area contributed by atoms with Crippen molar-refractivity contribution in [1.29, 1.82) is 0 Å². The SMILES string of the molecule is CC1Nc2ccccc2N1O. The molecule has 1 heterocycles. The third-order valence-electron chi connectivity index (χ3n) is 1.88. The minimum absolute atomic E-state index is 0.0209. The second kappa shape index (κ2) is 2.13. The second-order valence-corrected chi connectivity index (χ2v) is 2.68. The molecule has 0 fully saturated rings. The number of nitrogens with one attached hydrogen (secondary N) is 1. The molecule has 1 unspecified atom stereocenters. The minimum atomic E-state index is -0.0209. The highest BCUT2D eigenvalue weighted by molar-refractivity contribution is 5.74. The lowest BCUT2D eigenvalue weighted by Gasteiger charge is -2.14. The Bertz CT molecular complexity index is 275. The fourth-order valence-electron chi connectivity index (χ4n) is 1.29. The summed E-state index contributed by atoms with van der Waals surface area (Å²) >= 11 is 0. The Morgan fingerprint density at radius 2 is 2.18 bits per heavy atom. The zero-order valence-electron chi connectivity index (χ0n) is 6.28. The van der Waals surface area contributed by atoms with Crippen LogP contribution < -0.4 is 10.4 Å². The third-order valence-corrected chi connectivity index (χ3v) is 1.88. The summed E-state index contributed by atoms with van der Waals surface area (Å²) in [6.45, 7) is 1.90. The summed E-state index contributed by atoms with van der Waals surface area (Å²) in [5, 5.41) is 13.8. The van der Waals surface area contributed by atoms with E-state index in [4.69, 9.17) is 0 Å². The summed E-state index contributed by atoms with van der Waals surface area (Å²) in [6.07, 6.45) is -0.0209. The number of anilines is 2. The third kappa shape index (κ3) is 0.851. The molecule has 0 aliphatic carbocycles. The molecule has 0 aromatic heterocycles. The van der Waals surface area contributed by atoms with Gasteiger partial charge >= 0.3 is 0 Å². The smallest absolute Gasteiger partial charge is 0.122 e. The topological polar surface area (TPSA) is 35.5 Å². The number of para-hydroxylation sites is 2. The minimum Gasteiger partial charge on any atom is -0.362 e. The van der Waals surface area contributed by atoms with Crippen LogP contribution in [0.2, 0.25) is 0 Å². The molecule has 0 spiro atoms. The van der Waals surface area contributed by atoms with Crippen LogP contribution in [0.3, 0.4) is 0 Å². The standard InChI is InChI=1S/C8H10N2O/c1-6-9-7-4-2-3-5-8(7)10(6)11/h2-6,9,11H,1H3. The zero-order chi connectivity index (χ0) is 7.84. The van der Waals surface area contributed by atoms with Crippen molar-refractivity contribution >= 4 is 11.4 Å². The van der Waals surface area contributed by atoms with Crippen molar-refractivity contribution in [3.05, 3.63) is 24.3 Å². The summed E-state index contributed by atoms with van der Waals surface area (Å²) in [6, 6.07) is 7.67. The highest BCUT2D eigenvalue weighted by Crippen LogP contribution is 2.31. The molecule has 3 heteroatoms. The average molecular weight is 150 g/mol. The molecule has 1 aliphatic heterocycles. The van der Waals surface area contributed by atoms with Crippen LogP contribution in [0.1, 0.15) is 6.92 Å². The van der Waals surface area contributed by atoms with Gasteiger partial charge < -0.3 is 5.32 Å². The predicted molar refractivity (Wildman–Crippen MR) is 43.8 cm³/mol. The molecule has 11 heavy (non-hydrogen) atoms. The maximum Gasteiger partial charge on any atom is 0.122 e. The van der Waals surface area contributed by atoms with E-state index in [9.17, 15) is 5.21 Å². The van der Waals surface area contributed by atoms with Crippen LogP contribution in [-0.4, -0.2) is 11.4 Å². The summed E-state index contributed by atoms with van der Waals surface area (Å²) in [5.41, 5.74) is 1.84. The van der Waals surface area contributed by atoms with Gasteiger partial charge in [0.05, 0.1) is 11.4 Å². The van der Waals surface area contributed by atoms with Gasteiger partial charge in [0.15, 0.2) is 0 Å². The van der Waals surface area contributed by atoms with E-state index in [2.05, 4.69) is 5.32 Å². The largest absolute Gasteiger partial charge is 0.362 e. The van der Waals surface area contributed by atoms with E-state index < -0.39 is 0 Å². The molecule has 2 N–H and O–H groups in total. The lowest BCUT2D eigenvalue weighted by Crippen LogP contribution is -2.29. The zero-order valence-corrected chi connectivity index (χ0v) is 6.28. The first kappa shape index (κ1) is 6.49. The van der Waals surface area contributed by atoms with Gasteiger partial charge in [0.2, 0.25) is 0 Å². The first-order valence-corrected chi connectivity index (χ1v) is 3.63. The monoisotopic (exact) mass is 150 g/mol. The molecule has 3 nitrogen and oxygen atoms in total. The summed E-state index contributed by atoms with van der Waals surface area (Å²) in [5.74, 6) is 0. The number of hydroxylamine groups is 1. The lowest BCUT2D eigenvalue weighted by molar-refractivity contribution is 0.239. The van der Waals surface area contributed by atoms with Gasteiger partial charge in [-0.3, -0.25) is 5.21 Å². The van der Waals surface area contributed by atoms with E-state index in [0.29, 0.717) is 0 Å². The maximum atomic E-state index is 9.42. The number of hydrogen-bond donors (Lipinski definition) is 2. The van der Waals surface area contributed by atoms with Crippen LogP contribution in [-0.2, 0) is 0 Å². The van der Waals surface area contributed by atoms with Crippen molar-refractivity contribution in [2.75, 3.05) is 10.4 Å². The molecule has 0 saturated heterocycles. The van der Waals surface area contributed by atoms with Crippen LogP contribution in [0.5, 0.6) is 0 Å². The molecule has 1 aromatic rings. The summed E-state index contributed by atoms with van der Waals surface area (Å²) in [7, 11) is 0. The first-order valence-electron chi connectivity index (χ1n) is 3.63. The fraction of sp³-hybridized carbons (Fsp3) is 0.250. The highest BCUT2D eigenvalue weighted by Gasteiger charge is 2.22. The summed E-state index contributed by atoms with van der Waals surface area (Å²) < 4.78 is 0. The van der Waals surface area contributed by atoms with Crippen molar-refractivity contribution in [1.82, 2.24) is 0 Å². The Balaban J connectivity index is 2.47. The number of fused-ring (bicyclic) bond motifs is 1. The summed E-state index contributed by atoms with van der Waals surface area (Å²) in [4.78, 5) is 0. The van der Waals surface area contributed by atoms with Gasteiger partial charge in [-0.05, 0) is 19.1 Å². The Morgan fingerprint density at radius 1 is 1.45 bits per heavy atom. The predicted octanol–water partition coefficient (Wildman–Crippen LogP) is 1.65. The van der Waals surface area contributed by atoms with Crippen LogP contribution in [0.25, 0.3) is 0 Å². The highest BCUT2D eigenvalue weighted by atomic mass is 16.5. The quantitative estimate of drug-likeness (QED) is 0.590. The molecule has 58 valence electrons. The molecule has 2 rings (SSSR count). The van der Waals surface area contributed by atoms with E-state index >= 15 is 0 Å². The second-order valence-electron chi connectivity index (χ2n) is 2.68. The molecule has 0 radical (unpaired) electrons. The Morgan fingerprint density at radius 3 is 2.91 bits per heavy atom. The Hall–Kier alpha value is -1.22.